The predicted molar refractivity (Wildman–Crippen MR) is 58.7 cm³/mol. The normalized spacial score (nSPS) is 8.38. The molecule has 0 N–H and O–H groups in total. The van der Waals surface area contributed by atoms with E-state index in [0.29, 0.717) is 0 Å². The average Bonchev–Trinajstić information content (AvgIpc) is 2.20. The lowest BCUT2D eigenvalue weighted by atomic mass is 10.3. The van der Waals surface area contributed by atoms with E-state index in [0.717, 1.165) is 11.4 Å². The van der Waals surface area contributed by atoms with Crippen LogP contribution in [0.5, 0.6) is 5.75 Å². The number of rotatable bonds is 2. The number of anilines is 1. The molecule has 0 unspecified atom stereocenters. The fourth-order valence-electron chi connectivity index (χ4n) is 0.999. The van der Waals surface area contributed by atoms with Gasteiger partial charge in [0.05, 0.1) is 12.8 Å². The van der Waals surface area contributed by atoms with Crippen molar-refractivity contribution in [1.29, 1.82) is 0 Å². The lowest BCUT2D eigenvalue weighted by Crippen LogP contribution is -2.09. The SMILES string of the molecule is CC.COc1ccccc1N(C)C. The van der Waals surface area contributed by atoms with Crippen LogP contribution in [0.15, 0.2) is 24.3 Å². The highest BCUT2D eigenvalue weighted by atomic mass is 16.5. The van der Waals surface area contributed by atoms with Crippen LogP contribution in [0.3, 0.4) is 0 Å². The summed E-state index contributed by atoms with van der Waals surface area (Å²) in [5, 5.41) is 0. The molecule has 2 nitrogen and oxygen atoms in total. The van der Waals surface area contributed by atoms with Gasteiger partial charge in [0.1, 0.15) is 5.75 Å². The van der Waals surface area contributed by atoms with Crippen molar-refractivity contribution in [3.8, 4) is 5.75 Å². The topological polar surface area (TPSA) is 12.5 Å². The molecule has 0 aromatic heterocycles. The van der Waals surface area contributed by atoms with Gasteiger partial charge in [-0.05, 0) is 12.1 Å². The van der Waals surface area contributed by atoms with Crippen LogP contribution in [-0.2, 0) is 0 Å². The molecule has 2 heteroatoms. The third-order valence-corrected chi connectivity index (χ3v) is 1.57. The fourth-order valence-corrected chi connectivity index (χ4v) is 0.999. The molecule has 0 aliphatic rings. The number of hydrogen-bond acceptors (Lipinski definition) is 2. The minimum absolute atomic E-state index is 0.914. The Kier molecular flexibility index (Phi) is 5.77. The molecule has 1 aromatic rings. The number of hydrogen-bond donors (Lipinski definition) is 0. The Morgan fingerprint density at radius 3 is 2.00 bits per heavy atom. The molecule has 74 valence electrons. The molecule has 0 bridgehead atoms. The van der Waals surface area contributed by atoms with Gasteiger partial charge in [0.2, 0.25) is 0 Å². The number of nitrogens with zero attached hydrogens (tertiary/aromatic N) is 1. The molecular weight excluding hydrogens is 162 g/mol. The summed E-state index contributed by atoms with van der Waals surface area (Å²) in [5.74, 6) is 0.914. The van der Waals surface area contributed by atoms with Crippen LogP contribution in [0, 0.1) is 0 Å². The molecule has 13 heavy (non-hydrogen) atoms. The van der Waals surface area contributed by atoms with Crippen LogP contribution in [0.25, 0.3) is 0 Å². The smallest absolute Gasteiger partial charge is 0.142 e. The molecule has 0 heterocycles. The number of para-hydroxylation sites is 2. The van der Waals surface area contributed by atoms with Gasteiger partial charge in [-0.25, -0.2) is 0 Å². The van der Waals surface area contributed by atoms with Crippen molar-refractivity contribution in [2.45, 2.75) is 13.8 Å². The second kappa shape index (κ2) is 6.35. The fraction of sp³-hybridized carbons (Fsp3) is 0.455. The van der Waals surface area contributed by atoms with E-state index in [1.165, 1.54) is 0 Å². The van der Waals surface area contributed by atoms with Crippen molar-refractivity contribution in [3.05, 3.63) is 24.3 Å². The van der Waals surface area contributed by atoms with Crippen molar-refractivity contribution in [2.75, 3.05) is 26.1 Å². The van der Waals surface area contributed by atoms with Gasteiger partial charge >= 0.3 is 0 Å². The van der Waals surface area contributed by atoms with Crippen LogP contribution >= 0.6 is 0 Å². The van der Waals surface area contributed by atoms with E-state index in [4.69, 9.17) is 4.74 Å². The highest BCUT2D eigenvalue weighted by Crippen LogP contribution is 2.24. The summed E-state index contributed by atoms with van der Waals surface area (Å²) in [5.41, 5.74) is 1.11. The largest absolute Gasteiger partial charge is 0.495 e. The summed E-state index contributed by atoms with van der Waals surface area (Å²) in [6, 6.07) is 7.94. The Labute approximate surface area is 81.1 Å². The van der Waals surface area contributed by atoms with Crippen LogP contribution < -0.4 is 9.64 Å². The minimum Gasteiger partial charge on any atom is -0.495 e. The summed E-state index contributed by atoms with van der Waals surface area (Å²) in [6.07, 6.45) is 0. The molecule has 0 aliphatic carbocycles. The van der Waals surface area contributed by atoms with E-state index in [2.05, 4.69) is 0 Å². The average molecular weight is 181 g/mol. The van der Waals surface area contributed by atoms with Crippen molar-refractivity contribution in [3.63, 3.8) is 0 Å². The van der Waals surface area contributed by atoms with Crippen molar-refractivity contribution in [1.82, 2.24) is 0 Å². The molecule has 0 spiro atoms. The molecule has 0 amide bonds. The second-order valence-electron chi connectivity index (χ2n) is 2.57. The third-order valence-electron chi connectivity index (χ3n) is 1.57. The summed E-state index contributed by atoms with van der Waals surface area (Å²) in [7, 11) is 5.68. The van der Waals surface area contributed by atoms with E-state index >= 15 is 0 Å². The lowest BCUT2D eigenvalue weighted by molar-refractivity contribution is 0.415. The molecule has 1 rings (SSSR count). The summed E-state index contributed by atoms with van der Waals surface area (Å²) < 4.78 is 5.16. The highest BCUT2D eigenvalue weighted by molar-refractivity contribution is 5.57. The minimum atomic E-state index is 0.914. The van der Waals surface area contributed by atoms with Gasteiger partial charge < -0.3 is 9.64 Å². The number of methoxy groups -OCH3 is 1. The first-order valence-electron chi connectivity index (χ1n) is 4.56. The van der Waals surface area contributed by atoms with Crippen molar-refractivity contribution >= 4 is 5.69 Å². The Morgan fingerprint density at radius 1 is 1.08 bits per heavy atom. The van der Waals surface area contributed by atoms with E-state index < -0.39 is 0 Å². The molecular formula is C11H19NO. The maximum absolute atomic E-state index is 5.16. The van der Waals surface area contributed by atoms with Gasteiger partial charge in [0.25, 0.3) is 0 Å². The molecule has 1 aromatic carbocycles. The van der Waals surface area contributed by atoms with Crippen molar-refractivity contribution < 1.29 is 4.74 Å². The van der Waals surface area contributed by atoms with Gasteiger partial charge in [0, 0.05) is 14.1 Å². The Morgan fingerprint density at radius 2 is 1.62 bits per heavy atom. The van der Waals surface area contributed by atoms with Crippen LogP contribution in [0.1, 0.15) is 13.8 Å². The molecule has 0 fully saturated rings. The Bertz CT molecular complexity index is 233. The highest BCUT2D eigenvalue weighted by Gasteiger charge is 2.00. The molecule has 0 radical (unpaired) electrons. The van der Waals surface area contributed by atoms with Gasteiger partial charge in [-0.1, -0.05) is 26.0 Å². The van der Waals surface area contributed by atoms with Gasteiger partial charge in [-0.2, -0.15) is 0 Å². The summed E-state index contributed by atoms with van der Waals surface area (Å²) in [6.45, 7) is 4.00. The maximum atomic E-state index is 5.16. The second-order valence-corrected chi connectivity index (χ2v) is 2.57. The number of benzene rings is 1. The quantitative estimate of drug-likeness (QED) is 0.695. The maximum Gasteiger partial charge on any atom is 0.142 e. The first kappa shape index (κ1) is 11.8. The van der Waals surface area contributed by atoms with Crippen LogP contribution in [-0.4, -0.2) is 21.2 Å². The van der Waals surface area contributed by atoms with Crippen LogP contribution in [0.2, 0.25) is 0 Å². The lowest BCUT2D eigenvalue weighted by Gasteiger charge is -2.15. The van der Waals surface area contributed by atoms with Gasteiger partial charge in [0.15, 0.2) is 0 Å². The van der Waals surface area contributed by atoms with E-state index in [9.17, 15) is 0 Å². The van der Waals surface area contributed by atoms with Gasteiger partial charge in [-0.15, -0.1) is 0 Å². The van der Waals surface area contributed by atoms with Gasteiger partial charge in [-0.3, -0.25) is 0 Å². The predicted octanol–water partition coefficient (Wildman–Crippen LogP) is 2.79. The Balaban J connectivity index is 0.000000671. The zero-order valence-corrected chi connectivity index (χ0v) is 9.16. The van der Waals surface area contributed by atoms with E-state index in [1.54, 1.807) is 7.11 Å². The first-order valence-corrected chi connectivity index (χ1v) is 4.56. The monoisotopic (exact) mass is 181 g/mol. The van der Waals surface area contributed by atoms with E-state index in [1.807, 2.05) is 57.1 Å². The Hall–Kier alpha value is -1.18. The number of ether oxygens (including phenoxy) is 1. The molecule has 0 atom stereocenters. The van der Waals surface area contributed by atoms with E-state index in [-0.39, 0.29) is 0 Å². The standard InChI is InChI=1S/C9H13NO.C2H6/c1-10(2)8-6-4-5-7-9(8)11-3;1-2/h4-7H,1-3H3;1-2H3. The summed E-state index contributed by atoms with van der Waals surface area (Å²) >= 11 is 0. The zero-order chi connectivity index (χ0) is 10.3. The third kappa shape index (κ3) is 3.36. The van der Waals surface area contributed by atoms with Crippen molar-refractivity contribution in [2.24, 2.45) is 0 Å². The first-order chi connectivity index (χ1) is 6.25. The van der Waals surface area contributed by atoms with Crippen LogP contribution in [0.4, 0.5) is 5.69 Å². The molecule has 0 saturated carbocycles. The zero-order valence-electron chi connectivity index (χ0n) is 9.16. The summed E-state index contributed by atoms with van der Waals surface area (Å²) in [4.78, 5) is 2.03. The molecule has 0 saturated heterocycles. The molecule has 0 aliphatic heterocycles.